The monoisotopic (exact) mass is 260 g/mol. The molecule has 0 unspecified atom stereocenters. The van der Waals surface area contributed by atoms with Gasteiger partial charge in [-0.2, -0.15) is 4.98 Å². The Morgan fingerprint density at radius 1 is 1.28 bits per heavy atom. The van der Waals surface area contributed by atoms with Gasteiger partial charge in [-0.05, 0) is 12.1 Å². The van der Waals surface area contributed by atoms with Crippen LogP contribution in [0.5, 0.6) is 0 Å². The normalized spacial score (nSPS) is 10.7. The smallest absolute Gasteiger partial charge is 0.246 e. The van der Waals surface area contributed by atoms with Crippen molar-refractivity contribution in [1.29, 1.82) is 0 Å². The Morgan fingerprint density at radius 2 is 2.17 bits per heavy atom. The van der Waals surface area contributed by atoms with Gasteiger partial charge in [-0.25, -0.2) is 4.98 Å². The second kappa shape index (κ2) is 4.62. The molecule has 0 saturated heterocycles. The van der Waals surface area contributed by atoms with Gasteiger partial charge in [-0.15, -0.1) is 0 Å². The number of benzene rings is 1. The third-order valence-corrected chi connectivity index (χ3v) is 2.79. The lowest BCUT2D eigenvalue weighted by molar-refractivity contribution is 0.371. The van der Waals surface area contributed by atoms with Crippen molar-refractivity contribution in [1.82, 2.24) is 19.7 Å². The molecular formula is C12H9ClN4O. The van der Waals surface area contributed by atoms with Gasteiger partial charge in [0.1, 0.15) is 6.54 Å². The highest BCUT2D eigenvalue weighted by Crippen LogP contribution is 2.24. The van der Waals surface area contributed by atoms with E-state index in [0.717, 1.165) is 5.56 Å². The highest BCUT2D eigenvalue weighted by molar-refractivity contribution is 6.33. The number of hydrogen-bond donors (Lipinski definition) is 0. The Morgan fingerprint density at radius 3 is 2.94 bits per heavy atom. The van der Waals surface area contributed by atoms with E-state index in [4.69, 9.17) is 16.1 Å². The van der Waals surface area contributed by atoms with E-state index in [0.29, 0.717) is 23.3 Å². The summed E-state index contributed by atoms with van der Waals surface area (Å²) in [5.74, 6) is 1.01. The van der Waals surface area contributed by atoms with E-state index in [9.17, 15) is 0 Å². The van der Waals surface area contributed by atoms with Crippen LogP contribution in [0.3, 0.4) is 0 Å². The Labute approximate surface area is 108 Å². The van der Waals surface area contributed by atoms with Gasteiger partial charge in [0.2, 0.25) is 11.7 Å². The molecule has 90 valence electrons. The van der Waals surface area contributed by atoms with E-state index in [1.165, 1.54) is 0 Å². The summed E-state index contributed by atoms with van der Waals surface area (Å²) in [7, 11) is 0. The molecule has 0 radical (unpaired) electrons. The molecule has 0 aliphatic carbocycles. The van der Waals surface area contributed by atoms with Crippen LogP contribution in [0.25, 0.3) is 11.4 Å². The minimum atomic E-state index is 0.496. The summed E-state index contributed by atoms with van der Waals surface area (Å²) in [6.07, 6.45) is 5.23. The fourth-order valence-corrected chi connectivity index (χ4v) is 1.83. The molecule has 0 fully saturated rings. The average Bonchev–Trinajstić information content (AvgIpc) is 3.02. The number of halogens is 1. The van der Waals surface area contributed by atoms with Gasteiger partial charge in [-0.1, -0.05) is 28.9 Å². The number of hydrogen-bond acceptors (Lipinski definition) is 4. The van der Waals surface area contributed by atoms with Crippen molar-refractivity contribution < 1.29 is 4.52 Å². The zero-order valence-corrected chi connectivity index (χ0v) is 10.1. The van der Waals surface area contributed by atoms with E-state index in [2.05, 4.69) is 15.1 Å². The first-order chi connectivity index (χ1) is 8.83. The van der Waals surface area contributed by atoms with Crippen molar-refractivity contribution in [2.24, 2.45) is 0 Å². The molecule has 0 bridgehead atoms. The molecule has 3 rings (SSSR count). The maximum atomic E-state index is 6.07. The molecular weight excluding hydrogens is 252 g/mol. The van der Waals surface area contributed by atoms with Gasteiger partial charge in [0.15, 0.2) is 0 Å². The van der Waals surface area contributed by atoms with Gasteiger partial charge in [-0.3, -0.25) is 0 Å². The summed E-state index contributed by atoms with van der Waals surface area (Å²) in [6.45, 7) is 0.497. The van der Waals surface area contributed by atoms with E-state index >= 15 is 0 Å². The van der Waals surface area contributed by atoms with Crippen LogP contribution in [-0.4, -0.2) is 19.7 Å². The van der Waals surface area contributed by atoms with E-state index in [-0.39, 0.29) is 0 Å². The summed E-state index contributed by atoms with van der Waals surface area (Å²) in [6, 6.07) is 7.39. The van der Waals surface area contributed by atoms with Crippen molar-refractivity contribution in [3.63, 3.8) is 0 Å². The molecule has 5 nitrogen and oxygen atoms in total. The molecule has 2 aromatic heterocycles. The maximum absolute atomic E-state index is 6.07. The van der Waals surface area contributed by atoms with Crippen molar-refractivity contribution in [2.75, 3.05) is 0 Å². The van der Waals surface area contributed by atoms with Gasteiger partial charge >= 0.3 is 0 Å². The molecule has 0 spiro atoms. The second-order valence-electron chi connectivity index (χ2n) is 3.73. The third-order valence-electron chi connectivity index (χ3n) is 2.46. The van der Waals surface area contributed by atoms with Gasteiger partial charge in [0, 0.05) is 18.0 Å². The number of aromatic nitrogens is 4. The van der Waals surface area contributed by atoms with Gasteiger partial charge < -0.3 is 9.09 Å². The van der Waals surface area contributed by atoms with E-state index in [1.54, 1.807) is 18.6 Å². The molecule has 18 heavy (non-hydrogen) atoms. The first kappa shape index (κ1) is 11.0. The summed E-state index contributed by atoms with van der Waals surface area (Å²) in [5, 5.41) is 4.53. The fourth-order valence-electron chi connectivity index (χ4n) is 1.61. The lowest BCUT2D eigenvalue weighted by atomic mass is 10.2. The first-order valence-corrected chi connectivity index (χ1v) is 5.74. The molecule has 2 heterocycles. The summed E-state index contributed by atoms with van der Waals surface area (Å²) < 4.78 is 7.03. The SMILES string of the molecule is Clc1ccccc1-c1noc(Cn2ccnc2)n1. The predicted octanol–water partition coefficient (Wildman–Crippen LogP) is 2.63. The largest absolute Gasteiger partial charge is 0.337 e. The zero-order valence-electron chi connectivity index (χ0n) is 9.32. The molecule has 0 amide bonds. The van der Waals surface area contributed by atoms with Crippen LogP contribution in [0.2, 0.25) is 5.02 Å². The molecule has 0 saturated carbocycles. The van der Waals surface area contributed by atoms with Crippen molar-refractivity contribution in [3.8, 4) is 11.4 Å². The topological polar surface area (TPSA) is 56.7 Å². The van der Waals surface area contributed by atoms with Crippen LogP contribution in [0.1, 0.15) is 5.89 Å². The van der Waals surface area contributed by atoms with Crippen LogP contribution in [0, 0.1) is 0 Å². The highest BCUT2D eigenvalue weighted by atomic mass is 35.5. The molecule has 0 atom stereocenters. The Bertz CT molecular complexity index is 648. The van der Waals surface area contributed by atoms with Crippen molar-refractivity contribution in [3.05, 3.63) is 53.9 Å². The summed E-state index contributed by atoms with van der Waals surface area (Å²) in [5.41, 5.74) is 0.764. The standard InChI is InChI=1S/C12H9ClN4O/c13-10-4-2-1-3-9(10)12-15-11(18-16-12)7-17-6-5-14-8-17/h1-6,8H,7H2. The summed E-state index contributed by atoms with van der Waals surface area (Å²) in [4.78, 5) is 8.25. The minimum Gasteiger partial charge on any atom is -0.337 e. The molecule has 0 N–H and O–H groups in total. The quantitative estimate of drug-likeness (QED) is 0.726. The third kappa shape index (κ3) is 2.12. The van der Waals surface area contributed by atoms with Crippen LogP contribution >= 0.6 is 11.6 Å². The van der Waals surface area contributed by atoms with E-state index < -0.39 is 0 Å². The van der Waals surface area contributed by atoms with Crippen LogP contribution in [0.4, 0.5) is 0 Å². The Kier molecular flexibility index (Phi) is 2.82. The molecule has 0 aliphatic heterocycles. The zero-order chi connectivity index (χ0) is 12.4. The fraction of sp³-hybridized carbons (Fsp3) is 0.0833. The molecule has 0 aliphatic rings. The van der Waals surface area contributed by atoms with Crippen LogP contribution in [0.15, 0.2) is 47.5 Å². The van der Waals surface area contributed by atoms with Crippen molar-refractivity contribution >= 4 is 11.6 Å². The molecule has 6 heteroatoms. The van der Waals surface area contributed by atoms with Crippen molar-refractivity contribution in [2.45, 2.75) is 6.54 Å². The van der Waals surface area contributed by atoms with Gasteiger partial charge in [0.25, 0.3) is 0 Å². The van der Waals surface area contributed by atoms with Gasteiger partial charge in [0.05, 0.1) is 11.3 Å². The molecule has 3 aromatic rings. The predicted molar refractivity (Wildman–Crippen MR) is 66.1 cm³/mol. The number of rotatable bonds is 3. The maximum Gasteiger partial charge on any atom is 0.246 e. The second-order valence-corrected chi connectivity index (χ2v) is 4.13. The van der Waals surface area contributed by atoms with Crippen LogP contribution in [-0.2, 0) is 6.54 Å². The average molecular weight is 261 g/mol. The lowest BCUT2D eigenvalue weighted by Gasteiger charge is -1.96. The summed E-state index contributed by atoms with van der Waals surface area (Å²) >= 11 is 6.07. The Balaban J connectivity index is 1.88. The highest BCUT2D eigenvalue weighted by Gasteiger charge is 2.11. The lowest BCUT2D eigenvalue weighted by Crippen LogP contribution is -1.96. The van der Waals surface area contributed by atoms with Crippen LogP contribution < -0.4 is 0 Å². The Hall–Kier alpha value is -2.14. The first-order valence-electron chi connectivity index (χ1n) is 5.36. The van der Waals surface area contributed by atoms with E-state index in [1.807, 2.05) is 29.0 Å². The molecule has 1 aromatic carbocycles. The minimum absolute atomic E-state index is 0.496. The number of nitrogens with zero attached hydrogens (tertiary/aromatic N) is 4. The number of imidazole rings is 1.